The number of ether oxygens (including phenoxy) is 3. The number of nitrogens with one attached hydrogen (secondary N) is 1. The number of aliphatic imine (C=N–C) groups is 1. The van der Waals surface area contributed by atoms with E-state index in [1.54, 1.807) is 7.11 Å². The second kappa shape index (κ2) is 14.9. The molecule has 1 heterocycles. The summed E-state index contributed by atoms with van der Waals surface area (Å²) in [6.45, 7) is 9.73. The van der Waals surface area contributed by atoms with E-state index in [1.165, 1.54) is 0 Å². The molecule has 0 spiro atoms. The quantitative estimate of drug-likeness (QED) is 0.228. The Morgan fingerprint density at radius 2 is 1.93 bits per heavy atom. The zero-order valence-electron chi connectivity index (χ0n) is 17.5. The highest BCUT2D eigenvalue weighted by Crippen LogP contribution is 2.19. The van der Waals surface area contributed by atoms with E-state index in [2.05, 4.69) is 23.2 Å². The van der Waals surface area contributed by atoms with E-state index in [9.17, 15) is 0 Å². The van der Waals surface area contributed by atoms with Gasteiger partial charge >= 0.3 is 0 Å². The van der Waals surface area contributed by atoms with Gasteiger partial charge in [-0.05, 0) is 39.2 Å². The second-order valence-electron chi connectivity index (χ2n) is 6.61. The van der Waals surface area contributed by atoms with Crippen LogP contribution in [0.1, 0.15) is 38.7 Å². The van der Waals surface area contributed by atoms with Crippen LogP contribution in [0.4, 0.5) is 0 Å². The molecule has 0 aliphatic carbocycles. The van der Waals surface area contributed by atoms with Crippen LogP contribution in [0.3, 0.4) is 0 Å². The lowest BCUT2D eigenvalue weighted by atomic mass is 10.1. The summed E-state index contributed by atoms with van der Waals surface area (Å²) >= 11 is 0. The minimum Gasteiger partial charge on any atom is -0.494 e. The summed E-state index contributed by atoms with van der Waals surface area (Å²) in [7, 11) is 1.73. The van der Waals surface area contributed by atoms with E-state index in [0.717, 1.165) is 69.4 Å². The lowest BCUT2D eigenvalue weighted by molar-refractivity contribution is 0.00990. The van der Waals surface area contributed by atoms with Crippen LogP contribution in [0.15, 0.2) is 29.3 Å². The third kappa shape index (κ3) is 8.53. The molecule has 28 heavy (non-hydrogen) atoms. The van der Waals surface area contributed by atoms with Crippen molar-refractivity contribution < 1.29 is 14.2 Å². The van der Waals surface area contributed by atoms with E-state index < -0.39 is 0 Å². The molecule has 0 bridgehead atoms. The van der Waals surface area contributed by atoms with Crippen LogP contribution in [0.5, 0.6) is 5.75 Å². The van der Waals surface area contributed by atoms with Crippen molar-refractivity contribution in [1.82, 2.24) is 10.2 Å². The molecular formula is C21H36IN3O3. The Hall–Kier alpha value is -1.06. The molecule has 1 saturated heterocycles. The number of hydrogen-bond donors (Lipinski definition) is 1. The van der Waals surface area contributed by atoms with Gasteiger partial charge in [-0.25, -0.2) is 4.99 Å². The summed E-state index contributed by atoms with van der Waals surface area (Å²) in [6.07, 6.45) is 3.37. The average molecular weight is 505 g/mol. The number of para-hydroxylation sites is 1. The first kappa shape index (κ1) is 25.0. The highest BCUT2D eigenvalue weighted by molar-refractivity contribution is 14.0. The van der Waals surface area contributed by atoms with Crippen molar-refractivity contribution in [3.05, 3.63) is 29.8 Å². The summed E-state index contributed by atoms with van der Waals surface area (Å²) in [6, 6.07) is 8.12. The molecule has 1 aromatic carbocycles. The molecule has 1 aliphatic heterocycles. The molecular weight excluding hydrogens is 469 g/mol. The molecule has 1 aromatic rings. The minimum absolute atomic E-state index is 0. The molecule has 0 aromatic heterocycles. The lowest BCUT2D eigenvalue weighted by Crippen LogP contribution is -2.47. The van der Waals surface area contributed by atoms with Gasteiger partial charge in [-0.3, -0.25) is 0 Å². The maximum Gasteiger partial charge on any atom is 0.194 e. The highest BCUT2D eigenvalue weighted by Gasteiger charge is 2.21. The maximum absolute atomic E-state index is 5.96. The lowest BCUT2D eigenvalue weighted by Gasteiger charge is -2.34. The van der Waals surface area contributed by atoms with Gasteiger partial charge < -0.3 is 24.4 Å². The average Bonchev–Trinajstić information content (AvgIpc) is 2.70. The van der Waals surface area contributed by atoms with Crippen molar-refractivity contribution in [1.29, 1.82) is 0 Å². The summed E-state index contributed by atoms with van der Waals surface area (Å²) in [5, 5.41) is 3.43. The first-order valence-electron chi connectivity index (χ1n) is 10.1. The van der Waals surface area contributed by atoms with Gasteiger partial charge in [-0.1, -0.05) is 18.2 Å². The highest BCUT2D eigenvalue weighted by atomic mass is 127. The Morgan fingerprint density at radius 1 is 1.18 bits per heavy atom. The van der Waals surface area contributed by atoms with Gasteiger partial charge in [-0.2, -0.15) is 0 Å². The Balaban J connectivity index is 0.00000392. The van der Waals surface area contributed by atoms with E-state index in [4.69, 9.17) is 19.2 Å². The molecule has 0 atom stereocenters. The van der Waals surface area contributed by atoms with Gasteiger partial charge in [0.2, 0.25) is 0 Å². The van der Waals surface area contributed by atoms with Crippen LogP contribution in [-0.4, -0.2) is 63.5 Å². The molecule has 7 heteroatoms. The second-order valence-corrected chi connectivity index (χ2v) is 6.61. The van der Waals surface area contributed by atoms with Gasteiger partial charge in [0.1, 0.15) is 5.75 Å². The van der Waals surface area contributed by atoms with E-state index in [1.807, 2.05) is 25.1 Å². The number of benzene rings is 1. The molecule has 2 rings (SSSR count). The Bertz CT molecular complexity index is 564. The predicted molar refractivity (Wildman–Crippen MR) is 125 cm³/mol. The predicted octanol–water partition coefficient (Wildman–Crippen LogP) is 3.69. The Morgan fingerprint density at radius 3 is 2.61 bits per heavy atom. The van der Waals surface area contributed by atoms with Crippen molar-refractivity contribution in [2.24, 2.45) is 4.99 Å². The fourth-order valence-electron chi connectivity index (χ4n) is 3.20. The fraction of sp³-hybridized carbons (Fsp3) is 0.667. The molecule has 0 saturated carbocycles. The van der Waals surface area contributed by atoms with Crippen molar-refractivity contribution in [2.45, 2.75) is 45.8 Å². The van der Waals surface area contributed by atoms with Gasteiger partial charge in [0.25, 0.3) is 0 Å². The van der Waals surface area contributed by atoms with Gasteiger partial charge in [-0.15, -0.1) is 24.0 Å². The number of halogens is 1. The van der Waals surface area contributed by atoms with Crippen molar-refractivity contribution in [3.63, 3.8) is 0 Å². The SMILES string of the molecule is CCNC(=NCc1ccccc1OCC)N1CCC(OCCCOC)CC1.I. The molecule has 1 fully saturated rings. The van der Waals surface area contributed by atoms with Crippen molar-refractivity contribution in [2.75, 3.05) is 46.6 Å². The minimum atomic E-state index is 0. The number of hydrogen-bond acceptors (Lipinski definition) is 4. The summed E-state index contributed by atoms with van der Waals surface area (Å²) in [5.41, 5.74) is 1.12. The first-order valence-corrected chi connectivity index (χ1v) is 10.1. The summed E-state index contributed by atoms with van der Waals surface area (Å²) < 4.78 is 16.7. The molecule has 1 N–H and O–H groups in total. The zero-order chi connectivity index (χ0) is 19.3. The van der Waals surface area contributed by atoms with Gasteiger partial charge in [0, 0.05) is 45.5 Å². The van der Waals surface area contributed by atoms with Gasteiger partial charge in [0.05, 0.1) is 19.3 Å². The Labute approximate surface area is 187 Å². The van der Waals surface area contributed by atoms with Crippen LogP contribution >= 0.6 is 24.0 Å². The third-order valence-electron chi connectivity index (χ3n) is 4.59. The summed E-state index contributed by atoms with van der Waals surface area (Å²) in [4.78, 5) is 7.19. The first-order chi connectivity index (χ1) is 13.3. The van der Waals surface area contributed by atoms with Crippen molar-refractivity contribution in [3.8, 4) is 5.75 Å². The maximum atomic E-state index is 5.96. The van der Waals surface area contributed by atoms with Crippen LogP contribution in [-0.2, 0) is 16.0 Å². The smallest absolute Gasteiger partial charge is 0.194 e. The molecule has 0 radical (unpaired) electrons. The van der Waals surface area contributed by atoms with E-state index in [0.29, 0.717) is 19.3 Å². The number of piperidine rings is 1. The molecule has 6 nitrogen and oxygen atoms in total. The number of methoxy groups -OCH3 is 1. The van der Waals surface area contributed by atoms with Crippen LogP contribution in [0.25, 0.3) is 0 Å². The summed E-state index contributed by atoms with van der Waals surface area (Å²) in [5.74, 6) is 1.89. The number of guanidine groups is 1. The van der Waals surface area contributed by atoms with Crippen LogP contribution < -0.4 is 10.1 Å². The molecule has 0 amide bonds. The van der Waals surface area contributed by atoms with Crippen LogP contribution in [0.2, 0.25) is 0 Å². The number of nitrogens with zero attached hydrogens (tertiary/aromatic N) is 2. The molecule has 1 aliphatic rings. The number of rotatable bonds is 10. The van der Waals surface area contributed by atoms with Gasteiger partial charge in [0.15, 0.2) is 5.96 Å². The fourth-order valence-corrected chi connectivity index (χ4v) is 3.20. The van der Waals surface area contributed by atoms with E-state index in [-0.39, 0.29) is 24.0 Å². The number of likely N-dealkylation sites (tertiary alicyclic amines) is 1. The monoisotopic (exact) mass is 505 g/mol. The molecule has 160 valence electrons. The standard InChI is InChI=1S/C21H35N3O3.HI/c1-4-22-21(23-17-18-9-6-7-10-20(18)26-5-2)24-13-11-19(12-14-24)27-16-8-15-25-3;/h6-7,9-10,19H,4-5,8,11-17H2,1-3H3,(H,22,23);1H. The molecule has 0 unspecified atom stereocenters. The zero-order valence-corrected chi connectivity index (χ0v) is 19.8. The van der Waals surface area contributed by atoms with E-state index >= 15 is 0 Å². The Kier molecular flexibility index (Phi) is 13.3. The largest absolute Gasteiger partial charge is 0.494 e. The van der Waals surface area contributed by atoms with Crippen LogP contribution in [0, 0.1) is 0 Å². The van der Waals surface area contributed by atoms with Crippen molar-refractivity contribution >= 4 is 29.9 Å². The normalized spacial score (nSPS) is 15.2. The topological polar surface area (TPSA) is 55.3 Å². The third-order valence-corrected chi connectivity index (χ3v) is 4.59.